The lowest BCUT2D eigenvalue weighted by Crippen LogP contribution is -2.54. The van der Waals surface area contributed by atoms with Gasteiger partial charge in [-0.25, -0.2) is 0 Å². The van der Waals surface area contributed by atoms with E-state index in [4.69, 9.17) is 5.73 Å². The van der Waals surface area contributed by atoms with E-state index in [0.717, 1.165) is 23.7 Å². The molecule has 15 nitrogen and oxygen atoms in total. The number of carbonyl (C=O) groups excluding carboxylic acids is 5. The predicted octanol–water partition coefficient (Wildman–Crippen LogP) is -0.0715. The Labute approximate surface area is 240 Å². The smallest absolute Gasteiger partial charge is 0.292 e. The SMILES string of the molecule is Nc1cc(N2CCN(CCNC(=O)CNc3cccc4c3C(=O)N(C3CCC(=O)NC3=O)C4=O)CC2)ccc1[N+](=O)[O-]. The number of amides is 5. The molecule has 0 saturated carbocycles. The third kappa shape index (κ3) is 5.72. The Morgan fingerprint density at radius 2 is 1.83 bits per heavy atom. The first-order valence-electron chi connectivity index (χ1n) is 13.5. The standard InChI is InChI=1S/C27H30N8O7/c28-18-14-16(4-5-20(18)35(41)42)33-12-10-32(11-13-33)9-8-29-23(37)15-30-19-3-1-2-17-24(19)27(40)34(26(17)39)21-6-7-22(36)31-25(21)38/h1-5,14,21,30H,6-13,15,28H2,(H,29,37)(H,31,36,38). The van der Waals surface area contributed by atoms with E-state index in [9.17, 15) is 34.1 Å². The number of nitrogens with two attached hydrogens (primary N) is 1. The summed E-state index contributed by atoms with van der Waals surface area (Å²) in [6, 6.07) is 8.30. The number of hydrogen-bond donors (Lipinski definition) is 4. The second-order valence-electron chi connectivity index (χ2n) is 10.2. The Balaban J connectivity index is 1.08. The van der Waals surface area contributed by atoms with Gasteiger partial charge in [0.15, 0.2) is 0 Å². The maximum absolute atomic E-state index is 13.2. The highest BCUT2D eigenvalue weighted by Crippen LogP contribution is 2.32. The number of benzene rings is 2. The van der Waals surface area contributed by atoms with Gasteiger partial charge in [0.1, 0.15) is 11.7 Å². The highest BCUT2D eigenvalue weighted by atomic mass is 16.6. The van der Waals surface area contributed by atoms with Crippen molar-refractivity contribution in [2.45, 2.75) is 18.9 Å². The summed E-state index contributed by atoms with van der Waals surface area (Å²) in [5, 5.41) is 18.9. The molecule has 3 aliphatic heterocycles. The molecule has 2 aromatic rings. The van der Waals surface area contributed by atoms with Crippen LogP contribution in [-0.2, 0) is 14.4 Å². The van der Waals surface area contributed by atoms with Crippen LogP contribution in [0.3, 0.4) is 0 Å². The highest BCUT2D eigenvalue weighted by Gasteiger charge is 2.45. The number of carbonyl (C=O) groups is 5. The number of fused-ring (bicyclic) bond motifs is 1. The van der Waals surface area contributed by atoms with Crippen LogP contribution in [0.2, 0.25) is 0 Å². The summed E-state index contributed by atoms with van der Waals surface area (Å²) in [7, 11) is 0. The molecule has 0 radical (unpaired) electrons. The fourth-order valence-corrected chi connectivity index (χ4v) is 5.39. The van der Waals surface area contributed by atoms with Crippen molar-refractivity contribution in [1.29, 1.82) is 0 Å². The molecule has 220 valence electrons. The molecular formula is C27H30N8O7. The number of imide groups is 2. The minimum atomic E-state index is -1.07. The van der Waals surface area contributed by atoms with Gasteiger partial charge in [0.2, 0.25) is 17.7 Å². The van der Waals surface area contributed by atoms with Crippen LogP contribution in [0.15, 0.2) is 36.4 Å². The molecule has 0 bridgehead atoms. The number of nitrogens with one attached hydrogen (secondary N) is 3. The van der Waals surface area contributed by atoms with Gasteiger partial charge < -0.3 is 21.3 Å². The number of piperazine rings is 1. The van der Waals surface area contributed by atoms with Crippen LogP contribution in [0.4, 0.5) is 22.7 Å². The molecule has 2 saturated heterocycles. The summed E-state index contributed by atoms with van der Waals surface area (Å²) < 4.78 is 0. The fraction of sp³-hybridized carbons (Fsp3) is 0.370. The molecule has 42 heavy (non-hydrogen) atoms. The molecule has 2 aromatic carbocycles. The minimum Gasteiger partial charge on any atom is -0.393 e. The first kappa shape index (κ1) is 28.5. The summed E-state index contributed by atoms with van der Waals surface area (Å²) in [5.74, 6) is -2.70. The van der Waals surface area contributed by atoms with Crippen LogP contribution in [0, 0.1) is 10.1 Å². The molecule has 5 amide bonds. The number of rotatable bonds is 9. The number of nitro benzene ring substituents is 1. The third-order valence-electron chi connectivity index (χ3n) is 7.60. The molecule has 3 heterocycles. The molecule has 0 aliphatic carbocycles. The minimum absolute atomic E-state index is 0.0275. The fourth-order valence-electron chi connectivity index (χ4n) is 5.39. The average molecular weight is 579 g/mol. The lowest BCUT2D eigenvalue weighted by molar-refractivity contribution is -0.383. The predicted molar refractivity (Wildman–Crippen MR) is 151 cm³/mol. The van der Waals surface area contributed by atoms with Gasteiger partial charge in [-0.05, 0) is 30.7 Å². The van der Waals surface area contributed by atoms with Crippen molar-refractivity contribution >= 4 is 52.3 Å². The summed E-state index contributed by atoms with van der Waals surface area (Å²) in [5.41, 5.74) is 7.17. The third-order valence-corrected chi connectivity index (χ3v) is 7.60. The normalized spacial score (nSPS) is 19.0. The van der Waals surface area contributed by atoms with Crippen molar-refractivity contribution < 1.29 is 28.9 Å². The topological polar surface area (TPSA) is 200 Å². The van der Waals surface area contributed by atoms with E-state index in [-0.39, 0.29) is 47.8 Å². The Morgan fingerprint density at radius 1 is 1.07 bits per heavy atom. The molecule has 15 heteroatoms. The maximum atomic E-state index is 13.2. The summed E-state index contributed by atoms with van der Waals surface area (Å²) in [6.45, 7) is 3.77. The Kier molecular flexibility index (Phi) is 8.01. The molecule has 5 rings (SSSR count). The highest BCUT2D eigenvalue weighted by molar-refractivity contribution is 6.25. The van der Waals surface area contributed by atoms with Gasteiger partial charge in [-0.2, -0.15) is 0 Å². The summed E-state index contributed by atoms with van der Waals surface area (Å²) in [6.07, 6.45) is 0.0850. The van der Waals surface area contributed by atoms with Crippen LogP contribution in [0.1, 0.15) is 33.6 Å². The zero-order chi connectivity index (χ0) is 30.0. The van der Waals surface area contributed by atoms with Gasteiger partial charge in [-0.1, -0.05) is 6.07 Å². The molecule has 1 atom stereocenters. The molecule has 0 spiro atoms. The van der Waals surface area contributed by atoms with Gasteiger partial charge in [-0.3, -0.25) is 49.2 Å². The number of nitro groups is 1. The largest absolute Gasteiger partial charge is 0.393 e. The van der Waals surface area contributed by atoms with Crippen LogP contribution in [0.25, 0.3) is 0 Å². The molecule has 3 aliphatic rings. The first-order chi connectivity index (χ1) is 20.1. The summed E-state index contributed by atoms with van der Waals surface area (Å²) in [4.78, 5) is 78.1. The monoisotopic (exact) mass is 578 g/mol. The Hall–Kier alpha value is -5.05. The quantitative estimate of drug-likeness (QED) is 0.134. The lowest BCUT2D eigenvalue weighted by Gasteiger charge is -2.36. The van der Waals surface area contributed by atoms with E-state index < -0.39 is 34.6 Å². The molecule has 1 unspecified atom stereocenters. The van der Waals surface area contributed by atoms with Crippen molar-refractivity contribution in [3.05, 3.63) is 57.6 Å². The van der Waals surface area contributed by atoms with Gasteiger partial charge >= 0.3 is 0 Å². The van der Waals surface area contributed by atoms with Gasteiger partial charge in [0.25, 0.3) is 17.5 Å². The van der Waals surface area contributed by atoms with E-state index in [2.05, 4.69) is 25.8 Å². The maximum Gasteiger partial charge on any atom is 0.292 e. The van der Waals surface area contributed by atoms with E-state index in [1.807, 2.05) is 0 Å². The second-order valence-corrected chi connectivity index (χ2v) is 10.2. The van der Waals surface area contributed by atoms with Crippen LogP contribution in [0.5, 0.6) is 0 Å². The van der Waals surface area contributed by atoms with Crippen molar-refractivity contribution in [2.75, 3.05) is 61.8 Å². The molecule has 5 N–H and O–H groups in total. The number of hydrogen-bond acceptors (Lipinski definition) is 11. The zero-order valence-electron chi connectivity index (χ0n) is 22.6. The van der Waals surface area contributed by atoms with E-state index >= 15 is 0 Å². The Bertz CT molecular complexity index is 1470. The van der Waals surface area contributed by atoms with Gasteiger partial charge in [0, 0.05) is 63.1 Å². The molecule has 2 fully saturated rings. The Morgan fingerprint density at radius 3 is 2.52 bits per heavy atom. The zero-order valence-corrected chi connectivity index (χ0v) is 22.6. The van der Waals surface area contributed by atoms with Crippen molar-refractivity contribution in [3.63, 3.8) is 0 Å². The van der Waals surface area contributed by atoms with E-state index in [1.54, 1.807) is 24.3 Å². The van der Waals surface area contributed by atoms with Crippen molar-refractivity contribution in [2.24, 2.45) is 0 Å². The molecule has 0 aromatic heterocycles. The van der Waals surface area contributed by atoms with Crippen LogP contribution < -0.4 is 26.6 Å². The van der Waals surface area contributed by atoms with Crippen molar-refractivity contribution in [1.82, 2.24) is 20.4 Å². The lowest BCUT2D eigenvalue weighted by atomic mass is 10.0. The number of anilines is 3. The van der Waals surface area contributed by atoms with Crippen LogP contribution in [-0.4, -0.2) is 96.1 Å². The average Bonchev–Trinajstić information content (AvgIpc) is 3.22. The number of nitrogens with zero attached hydrogens (tertiary/aromatic N) is 4. The van der Waals surface area contributed by atoms with Gasteiger partial charge in [0.05, 0.1) is 22.6 Å². The summed E-state index contributed by atoms with van der Waals surface area (Å²) >= 11 is 0. The first-order valence-corrected chi connectivity index (χ1v) is 13.5. The second kappa shape index (κ2) is 11.8. The number of piperidine rings is 1. The van der Waals surface area contributed by atoms with Crippen LogP contribution >= 0.6 is 0 Å². The van der Waals surface area contributed by atoms with E-state index in [1.165, 1.54) is 12.1 Å². The van der Waals surface area contributed by atoms with E-state index in [0.29, 0.717) is 31.9 Å². The number of nitrogen functional groups attached to an aromatic ring is 1. The molecular weight excluding hydrogens is 548 g/mol. The van der Waals surface area contributed by atoms with Gasteiger partial charge in [-0.15, -0.1) is 0 Å². The van der Waals surface area contributed by atoms with Crippen molar-refractivity contribution in [3.8, 4) is 0 Å².